The predicted octanol–water partition coefficient (Wildman–Crippen LogP) is 2.00. The molecule has 0 unspecified atom stereocenters. The Bertz CT molecular complexity index is 743. The van der Waals surface area contributed by atoms with Gasteiger partial charge in [-0.05, 0) is 18.2 Å². The van der Waals surface area contributed by atoms with Gasteiger partial charge in [0.05, 0.1) is 5.56 Å². The Hall–Kier alpha value is -2.49. The third kappa shape index (κ3) is 1.34. The molecule has 4 nitrogen and oxygen atoms in total. The maximum atomic E-state index is 11.2. The van der Waals surface area contributed by atoms with E-state index >= 15 is 0 Å². The lowest BCUT2D eigenvalue weighted by Crippen LogP contribution is -2.13. The number of aromatic nitrogens is 1. The minimum atomic E-state index is -0.511. The van der Waals surface area contributed by atoms with Crippen molar-refractivity contribution in [2.45, 2.75) is 0 Å². The first-order chi connectivity index (χ1) is 8.16. The van der Waals surface area contributed by atoms with Crippen LogP contribution in [0.15, 0.2) is 36.4 Å². The zero-order chi connectivity index (χ0) is 12.0. The number of benzene rings is 2. The van der Waals surface area contributed by atoms with E-state index in [0.29, 0.717) is 11.3 Å². The van der Waals surface area contributed by atoms with Crippen molar-refractivity contribution in [3.05, 3.63) is 42.0 Å². The van der Waals surface area contributed by atoms with Crippen LogP contribution < -0.4 is 11.5 Å². The van der Waals surface area contributed by atoms with Gasteiger partial charge in [-0.25, -0.2) is 0 Å². The maximum absolute atomic E-state index is 11.2. The number of primary amides is 1. The molecular formula is C13H11N3O. The zero-order valence-electron chi connectivity index (χ0n) is 9.03. The van der Waals surface area contributed by atoms with E-state index in [1.165, 1.54) is 0 Å². The monoisotopic (exact) mass is 225 g/mol. The van der Waals surface area contributed by atoms with Gasteiger partial charge in [-0.3, -0.25) is 4.79 Å². The Kier molecular flexibility index (Phi) is 1.86. The van der Waals surface area contributed by atoms with Crippen molar-refractivity contribution in [3.8, 4) is 0 Å². The van der Waals surface area contributed by atoms with Crippen molar-refractivity contribution in [2.75, 3.05) is 5.73 Å². The van der Waals surface area contributed by atoms with Gasteiger partial charge in [0.1, 0.15) is 0 Å². The molecule has 1 heterocycles. The molecule has 3 rings (SSSR count). The minimum Gasteiger partial charge on any atom is -0.398 e. The number of nitrogens with two attached hydrogens (primary N) is 2. The molecule has 0 radical (unpaired) electrons. The van der Waals surface area contributed by atoms with Crippen LogP contribution in [0.3, 0.4) is 0 Å². The van der Waals surface area contributed by atoms with Crippen LogP contribution in [-0.4, -0.2) is 10.9 Å². The smallest absolute Gasteiger partial charge is 0.250 e. The number of amides is 1. The summed E-state index contributed by atoms with van der Waals surface area (Å²) in [7, 11) is 0. The second-order valence-electron chi connectivity index (χ2n) is 4.02. The summed E-state index contributed by atoms with van der Waals surface area (Å²) in [5.41, 5.74) is 13.7. The lowest BCUT2D eigenvalue weighted by molar-refractivity contribution is 0.100. The molecule has 0 bridgehead atoms. The molecule has 0 fully saturated rings. The molecule has 0 aliphatic rings. The van der Waals surface area contributed by atoms with Crippen molar-refractivity contribution in [1.29, 1.82) is 0 Å². The summed E-state index contributed by atoms with van der Waals surface area (Å²) in [6.07, 6.45) is 0. The molecule has 0 saturated heterocycles. The lowest BCUT2D eigenvalue weighted by Gasteiger charge is -2.01. The van der Waals surface area contributed by atoms with Gasteiger partial charge in [-0.2, -0.15) is 0 Å². The van der Waals surface area contributed by atoms with Crippen LogP contribution in [0.2, 0.25) is 0 Å². The molecule has 0 saturated carbocycles. The van der Waals surface area contributed by atoms with Crippen LogP contribution in [0.5, 0.6) is 0 Å². The molecular weight excluding hydrogens is 214 g/mol. The number of carbonyl (C=O) groups is 1. The van der Waals surface area contributed by atoms with Crippen molar-refractivity contribution in [3.63, 3.8) is 0 Å². The van der Waals surface area contributed by atoms with Crippen LogP contribution in [0.4, 0.5) is 5.69 Å². The largest absolute Gasteiger partial charge is 0.398 e. The van der Waals surface area contributed by atoms with Gasteiger partial charge in [0.15, 0.2) is 0 Å². The van der Waals surface area contributed by atoms with E-state index in [0.717, 1.165) is 21.8 Å². The fourth-order valence-electron chi connectivity index (χ4n) is 2.13. The van der Waals surface area contributed by atoms with Gasteiger partial charge >= 0.3 is 0 Å². The molecule has 5 N–H and O–H groups in total. The van der Waals surface area contributed by atoms with Crippen LogP contribution in [0.1, 0.15) is 10.4 Å². The molecule has 2 aromatic carbocycles. The number of fused-ring (bicyclic) bond motifs is 3. The summed E-state index contributed by atoms with van der Waals surface area (Å²) >= 11 is 0. The van der Waals surface area contributed by atoms with Gasteiger partial charge in [0.2, 0.25) is 0 Å². The van der Waals surface area contributed by atoms with E-state index in [1.54, 1.807) is 12.1 Å². The van der Waals surface area contributed by atoms with Crippen LogP contribution in [0.25, 0.3) is 21.8 Å². The van der Waals surface area contributed by atoms with Crippen molar-refractivity contribution in [2.24, 2.45) is 5.73 Å². The summed E-state index contributed by atoms with van der Waals surface area (Å²) in [5, 5.41) is 2.09. The van der Waals surface area contributed by atoms with E-state index in [-0.39, 0.29) is 0 Å². The molecule has 1 aromatic heterocycles. The van der Waals surface area contributed by atoms with Gasteiger partial charge in [0, 0.05) is 27.5 Å². The number of para-hydroxylation sites is 1. The zero-order valence-corrected chi connectivity index (χ0v) is 9.03. The number of nitrogens with one attached hydrogen (secondary N) is 1. The van der Waals surface area contributed by atoms with Crippen LogP contribution in [-0.2, 0) is 0 Å². The summed E-state index contributed by atoms with van der Waals surface area (Å²) in [6, 6.07) is 11.4. The van der Waals surface area contributed by atoms with Crippen molar-refractivity contribution < 1.29 is 4.79 Å². The SMILES string of the molecule is NC(=O)c1cc2[nH]c3ccccc3c2cc1N. The Morgan fingerprint density at radius 3 is 2.59 bits per heavy atom. The van der Waals surface area contributed by atoms with Gasteiger partial charge in [-0.1, -0.05) is 18.2 Å². The number of nitrogen functional groups attached to an aromatic ring is 1. The highest BCUT2D eigenvalue weighted by Crippen LogP contribution is 2.28. The third-order valence-corrected chi connectivity index (χ3v) is 2.94. The number of anilines is 1. The van der Waals surface area contributed by atoms with E-state index in [9.17, 15) is 4.79 Å². The summed E-state index contributed by atoms with van der Waals surface area (Å²) in [4.78, 5) is 14.4. The number of H-pyrrole nitrogens is 1. The average Bonchev–Trinajstić information content (AvgIpc) is 2.65. The molecule has 0 atom stereocenters. The van der Waals surface area contributed by atoms with Crippen molar-refractivity contribution in [1.82, 2.24) is 4.98 Å². The molecule has 4 heteroatoms. The standard InChI is InChI=1S/C13H11N3O/c14-10-5-8-7-3-1-2-4-11(7)16-12(8)6-9(10)13(15)17/h1-6,16H,14H2,(H2,15,17). The molecule has 17 heavy (non-hydrogen) atoms. The van der Waals surface area contributed by atoms with Crippen molar-refractivity contribution >= 4 is 33.4 Å². The quantitative estimate of drug-likeness (QED) is 0.553. The van der Waals surface area contributed by atoms with Crippen LogP contribution >= 0.6 is 0 Å². The first-order valence-corrected chi connectivity index (χ1v) is 5.26. The summed E-state index contributed by atoms with van der Waals surface area (Å²) in [6.45, 7) is 0. The van der Waals surface area contributed by atoms with E-state index in [2.05, 4.69) is 4.98 Å². The second kappa shape index (κ2) is 3.25. The highest BCUT2D eigenvalue weighted by Gasteiger charge is 2.10. The average molecular weight is 225 g/mol. The first kappa shape index (κ1) is 9.72. The van der Waals surface area contributed by atoms with Gasteiger partial charge < -0.3 is 16.5 Å². The van der Waals surface area contributed by atoms with Gasteiger partial charge in [-0.15, -0.1) is 0 Å². The number of carbonyl (C=O) groups excluding carboxylic acids is 1. The van der Waals surface area contributed by atoms with Gasteiger partial charge in [0.25, 0.3) is 5.91 Å². The fourth-order valence-corrected chi connectivity index (χ4v) is 2.13. The number of aromatic amines is 1. The minimum absolute atomic E-state index is 0.351. The van der Waals surface area contributed by atoms with E-state index in [4.69, 9.17) is 11.5 Å². The molecule has 0 aliphatic heterocycles. The Morgan fingerprint density at radius 1 is 1.06 bits per heavy atom. The second-order valence-corrected chi connectivity index (χ2v) is 4.02. The highest BCUT2D eigenvalue weighted by atomic mass is 16.1. The fraction of sp³-hybridized carbons (Fsp3) is 0. The lowest BCUT2D eigenvalue weighted by atomic mass is 10.1. The summed E-state index contributed by atoms with van der Waals surface area (Å²) in [5.74, 6) is -0.511. The highest BCUT2D eigenvalue weighted by molar-refractivity contribution is 6.11. The number of rotatable bonds is 1. The normalized spacial score (nSPS) is 11.1. The molecule has 3 aromatic rings. The molecule has 84 valence electrons. The summed E-state index contributed by atoms with van der Waals surface area (Å²) < 4.78 is 0. The number of hydrogen-bond acceptors (Lipinski definition) is 2. The Labute approximate surface area is 97.2 Å². The van der Waals surface area contributed by atoms with E-state index in [1.807, 2.05) is 24.3 Å². The Balaban J connectivity index is 2.46. The third-order valence-electron chi connectivity index (χ3n) is 2.94. The topological polar surface area (TPSA) is 84.9 Å². The first-order valence-electron chi connectivity index (χ1n) is 5.26. The maximum Gasteiger partial charge on any atom is 0.250 e. The molecule has 0 aliphatic carbocycles. The Morgan fingerprint density at radius 2 is 1.82 bits per heavy atom. The number of hydrogen-bond donors (Lipinski definition) is 3. The predicted molar refractivity (Wildman–Crippen MR) is 68.7 cm³/mol. The molecule has 1 amide bonds. The molecule has 0 spiro atoms. The van der Waals surface area contributed by atoms with E-state index < -0.39 is 5.91 Å². The van der Waals surface area contributed by atoms with Crippen LogP contribution in [0, 0.1) is 0 Å².